The maximum atomic E-state index is 13.1. The van der Waals surface area contributed by atoms with E-state index >= 15 is 0 Å². The Morgan fingerprint density at radius 1 is 1.35 bits per heavy atom. The van der Waals surface area contributed by atoms with Gasteiger partial charge in [-0.1, -0.05) is 6.07 Å². The molecule has 2 amide bonds. The van der Waals surface area contributed by atoms with Crippen molar-refractivity contribution in [2.24, 2.45) is 5.41 Å². The van der Waals surface area contributed by atoms with E-state index < -0.39 is 5.41 Å². The summed E-state index contributed by atoms with van der Waals surface area (Å²) in [5.41, 5.74) is 0.553. The molecule has 0 saturated carbocycles. The lowest BCUT2D eigenvalue weighted by Gasteiger charge is -2.39. The van der Waals surface area contributed by atoms with Crippen LogP contribution < -0.4 is 0 Å². The average molecular weight is 355 g/mol. The van der Waals surface area contributed by atoms with Gasteiger partial charge >= 0.3 is 0 Å². The van der Waals surface area contributed by atoms with E-state index in [0.29, 0.717) is 37.4 Å². The molecule has 3 rings (SSSR count). The first-order valence-corrected chi connectivity index (χ1v) is 9.17. The van der Waals surface area contributed by atoms with Gasteiger partial charge in [-0.25, -0.2) is 0 Å². The third-order valence-corrected chi connectivity index (χ3v) is 5.48. The maximum absolute atomic E-state index is 13.1. The number of nitrogens with zero attached hydrogens (tertiary/aromatic N) is 3. The Hall–Kier alpha value is -2.39. The number of hydrogen-bond donors (Lipinski definition) is 0. The van der Waals surface area contributed by atoms with E-state index in [2.05, 4.69) is 6.07 Å². The molecule has 1 atom stereocenters. The van der Waals surface area contributed by atoms with Gasteiger partial charge in [0.1, 0.15) is 0 Å². The zero-order valence-corrected chi connectivity index (χ0v) is 15.2. The molecule has 138 valence electrons. The van der Waals surface area contributed by atoms with E-state index in [0.717, 1.165) is 32.2 Å². The lowest BCUT2D eigenvalue weighted by atomic mass is 9.78. The summed E-state index contributed by atoms with van der Waals surface area (Å²) in [4.78, 5) is 29.6. The van der Waals surface area contributed by atoms with Gasteiger partial charge in [0.05, 0.1) is 17.0 Å². The fourth-order valence-electron chi connectivity index (χ4n) is 4.09. The molecule has 1 spiro atoms. The van der Waals surface area contributed by atoms with Crippen LogP contribution in [-0.2, 0) is 9.53 Å². The molecule has 0 aliphatic carbocycles. The maximum Gasteiger partial charge on any atom is 0.253 e. The van der Waals surface area contributed by atoms with Gasteiger partial charge in [0.25, 0.3) is 5.91 Å². The van der Waals surface area contributed by atoms with Crippen LogP contribution in [0, 0.1) is 16.7 Å². The summed E-state index contributed by atoms with van der Waals surface area (Å²) < 4.78 is 5.09. The summed E-state index contributed by atoms with van der Waals surface area (Å²) in [5, 5.41) is 9.03. The van der Waals surface area contributed by atoms with Crippen LogP contribution in [0.4, 0.5) is 0 Å². The summed E-state index contributed by atoms with van der Waals surface area (Å²) in [6.07, 6.45) is 3.37. The van der Waals surface area contributed by atoms with E-state index in [-0.39, 0.29) is 11.8 Å². The molecule has 26 heavy (non-hydrogen) atoms. The van der Waals surface area contributed by atoms with Gasteiger partial charge in [-0.15, -0.1) is 0 Å². The molecule has 1 unspecified atom stereocenters. The summed E-state index contributed by atoms with van der Waals surface area (Å²) >= 11 is 0. The molecule has 2 heterocycles. The number of methoxy groups -OCH3 is 1. The number of benzene rings is 1. The molecular weight excluding hydrogens is 330 g/mol. The van der Waals surface area contributed by atoms with Crippen molar-refractivity contribution < 1.29 is 14.3 Å². The van der Waals surface area contributed by atoms with Crippen LogP contribution in [0.15, 0.2) is 24.3 Å². The number of nitriles is 1. The second-order valence-electron chi connectivity index (χ2n) is 7.19. The van der Waals surface area contributed by atoms with Crippen molar-refractivity contribution in [3.05, 3.63) is 35.4 Å². The highest BCUT2D eigenvalue weighted by Gasteiger charge is 2.49. The van der Waals surface area contributed by atoms with Gasteiger partial charge in [-0.2, -0.15) is 5.26 Å². The molecule has 2 aliphatic heterocycles. The normalized spacial score (nSPS) is 22.7. The number of hydrogen-bond acceptors (Lipinski definition) is 4. The van der Waals surface area contributed by atoms with Gasteiger partial charge in [0.15, 0.2) is 0 Å². The molecule has 6 nitrogen and oxygen atoms in total. The zero-order valence-electron chi connectivity index (χ0n) is 15.2. The molecule has 0 radical (unpaired) electrons. The third kappa shape index (κ3) is 3.58. The highest BCUT2D eigenvalue weighted by atomic mass is 16.5. The molecule has 0 N–H and O–H groups in total. The topological polar surface area (TPSA) is 73.6 Å². The van der Waals surface area contributed by atoms with Crippen LogP contribution in [0.5, 0.6) is 0 Å². The van der Waals surface area contributed by atoms with Gasteiger partial charge in [-0.05, 0) is 43.9 Å². The Kier molecular flexibility index (Phi) is 5.58. The minimum absolute atomic E-state index is 0.0942. The molecule has 2 saturated heterocycles. The number of piperidine rings is 1. The van der Waals surface area contributed by atoms with Crippen LogP contribution in [0.25, 0.3) is 0 Å². The van der Waals surface area contributed by atoms with Crippen LogP contribution in [0.1, 0.15) is 41.6 Å². The number of rotatable bonds is 5. The number of amides is 2. The van der Waals surface area contributed by atoms with Crippen LogP contribution in [0.3, 0.4) is 0 Å². The molecule has 1 aromatic carbocycles. The van der Waals surface area contributed by atoms with Gasteiger partial charge in [0.2, 0.25) is 5.91 Å². The predicted molar refractivity (Wildman–Crippen MR) is 96.4 cm³/mol. The molecule has 6 heteroatoms. The van der Waals surface area contributed by atoms with Crippen LogP contribution in [0.2, 0.25) is 0 Å². The fourth-order valence-corrected chi connectivity index (χ4v) is 4.09. The van der Waals surface area contributed by atoms with E-state index in [1.54, 1.807) is 36.3 Å². The highest BCUT2D eigenvalue weighted by molar-refractivity contribution is 5.95. The standard InChI is InChI=1S/C20H25N3O3/c1-26-12-4-10-22-9-3-7-20(19(22)25)8-11-23(15-20)18(24)17-6-2-5-16(13-17)14-21/h2,5-6,13H,3-4,7-12,15H2,1H3. The molecule has 0 bridgehead atoms. The van der Waals surface area contributed by atoms with Gasteiger partial charge in [0, 0.05) is 45.5 Å². The Labute approximate surface area is 154 Å². The third-order valence-electron chi connectivity index (χ3n) is 5.48. The summed E-state index contributed by atoms with van der Waals surface area (Å²) in [6, 6.07) is 8.82. The van der Waals surface area contributed by atoms with E-state index in [1.807, 2.05) is 4.90 Å². The first-order valence-electron chi connectivity index (χ1n) is 9.17. The molecular formula is C20H25N3O3. The van der Waals surface area contributed by atoms with Crippen LogP contribution in [-0.4, -0.2) is 61.5 Å². The summed E-state index contributed by atoms with van der Waals surface area (Å²) in [7, 11) is 1.67. The molecule has 2 fully saturated rings. The number of carbonyl (C=O) groups excluding carboxylic acids is 2. The fraction of sp³-hybridized carbons (Fsp3) is 0.550. The summed E-state index contributed by atoms with van der Waals surface area (Å²) in [5.74, 6) is 0.0872. The Bertz CT molecular complexity index is 727. The van der Waals surface area contributed by atoms with E-state index in [9.17, 15) is 9.59 Å². The second kappa shape index (κ2) is 7.88. The lowest BCUT2D eigenvalue weighted by molar-refractivity contribution is -0.145. The average Bonchev–Trinajstić information content (AvgIpc) is 3.10. The Morgan fingerprint density at radius 3 is 2.96 bits per heavy atom. The minimum atomic E-state index is -0.437. The second-order valence-corrected chi connectivity index (χ2v) is 7.19. The van der Waals surface area contributed by atoms with Crippen LogP contribution >= 0.6 is 0 Å². The largest absolute Gasteiger partial charge is 0.385 e. The first kappa shape index (κ1) is 18.4. The highest BCUT2D eigenvalue weighted by Crippen LogP contribution is 2.40. The molecule has 0 aromatic heterocycles. The van der Waals surface area contributed by atoms with Crippen molar-refractivity contribution >= 4 is 11.8 Å². The van der Waals surface area contributed by atoms with Gasteiger partial charge < -0.3 is 14.5 Å². The van der Waals surface area contributed by atoms with Gasteiger partial charge in [-0.3, -0.25) is 9.59 Å². The molecule has 1 aromatic rings. The Balaban J connectivity index is 1.69. The van der Waals surface area contributed by atoms with Crippen molar-refractivity contribution in [2.75, 3.05) is 39.9 Å². The molecule has 2 aliphatic rings. The van der Waals surface area contributed by atoms with Crippen molar-refractivity contribution in [2.45, 2.75) is 25.7 Å². The summed E-state index contributed by atoms with van der Waals surface area (Å²) in [6.45, 7) is 3.22. The number of carbonyl (C=O) groups is 2. The predicted octanol–water partition coefficient (Wildman–Crippen LogP) is 2.05. The number of likely N-dealkylation sites (tertiary alicyclic amines) is 2. The SMILES string of the molecule is COCCCN1CCCC2(CCN(C(=O)c3cccc(C#N)c3)C2)C1=O. The van der Waals surface area contributed by atoms with Crippen molar-refractivity contribution in [1.82, 2.24) is 9.80 Å². The minimum Gasteiger partial charge on any atom is -0.385 e. The van der Waals surface area contributed by atoms with Crippen molar-refractivity contribution in [1.29, 1.82) is 5.26 Å². The quantitative estimate of drug-likeness (QED) is 0.758. The first-order chi connectivity index (χ1) is 12.6. The van der Waals surface area contributed by atoms with E-state index in [1.165, 1.54) is 0 Å². The van der Waals surface area contributed by atoms with Crippen molar-refractivity contribution in [3.63, 3.8) is 0 Å². The Morgan fingerprint density at radius 2 is 2.19 bits per heavy atom. The lowest BCUT2D eigenvalue weighted by Crippen LogP contribution is -2.50. The van der Waals surface area contributed by atoms with Crippen molar-refractivity contribution in [3.8, 4) is 6.07 Å². The smallest absolute Gasteiger partial charge is 0.253 e. The zero-order chi connectivity index (χ0) is 18.6. The van der Waals surface area contributed by atoms with E-state index in [4.69, 9.17) is 10.00 Å². The monoisotopic (exact) mass is 355 g/mol. The number of ether oxygens (including phenoxy) is 1.